The SMILES string of the molecule is COc1cccc(C=NNC(=O)C(=Cc2cccs2)NC(=O)c2ccccc2)c1O. The molecule has 0 fully saturated rings. The van der Waals surface area contributed by atoms with E-state index in [2.05, 4.69) is 15.8 Å². The van der Waals surface area contributed by atoms with Gasteiger partial charge in [0.15, 0.2) is 11.5 Å². The van der Waals surface area contributed by atoms with Gasteiger partial charge in [-0.2, -0.15) is 5.10 Å². The van der Waals surface area contributed by atoms with Crippen molar-refractivity contribution in [1.82, 2.24) is 10.7 Å². The second-order valence-corrected chi connectivity index (χ2v) is 6.97. The number of phenols is 1. The molecule has 1 aromatic heterocycles. The number of para-hydroxylation sites is 1. The van der Waals surface area contributed by atoms with Gasteiger partial charge in [0.2, 0.25) is 0 Å². The minimum Gasteiger partial charge on any atom is -0.504 e. The fourth-order valence-corrected chi connectivity index (χ4v) is 3.14. The van der Waals surface area contributed by atoms with Gasteiger partial charge in [-0.05, 0) is 41.8 Å². The van der Waals surface area contributed by atoms with E-state index >= 15 is 0 Å². The highest BCUT2D eigenvalue weighted by Gasteiger charge is 2.14. The highest BCUT2D eigenvalue weighted by Crippen LogP contribution is 2.27. The summed E-state index contributed by atoms with van der Waals surface area (Å²) in [5.41, 5.74) is 3.20. The van der Waals surface area contributed by atoms with Gasteiger partial charge in [0.25, 0.3) is 11.8 Å². The summed E-state index contributed by atoms with van der Waals surface area (Å²) in [5.74, 6) is -0.822. The summed E-state index contributed by atoms with van der Waals surface area (Å²) >= 11 is 1.43. The molecule has 0 unspecified atom stereocenters. The van der Waals surface area contributed by atoms with Crippen molar-refractivity contribution in [2.24, 2.45) is 5.10 Å². The summed E-state index contributed by atoms with van der Waals surface area (Å²) < 4.78 is 5.04. The number of amides is 2. The molecule has 0 spiro atoms. The monoisotopic (exact) mass is 421 g/mol. The Labute approximate surface area is 177 Å². The van der Waals surface area contributed by atoms with Crippen molar-refractivity contribution in [2.45, 2.75) is 0 Å². The zero-order valence-corrected chi connectivity index (χ0v) is 16.8. The molecule has 30 heavy (non-hydrogen) atoms. The Balaban J connectivity index is 1.76. The molecule has 0 aliphatic carbocycles. The number of carbonyl (C=O) groups excluding carboxylic acids is 2. The van der Waals surface area contributed by atoms with E-state index in [0.717, 1.165) is 4.88 Å². The van der Waals surface area contributed by atoms with E-state index in [4.69, 9.17) is 4.74 Å². The molecule has 3 N–H and O–H groups in total. The number of benzene rings is 2. The van der Waals surface area contributed by atoms with Crippen LogP contribution in [0.4, 0.5) is 0 Å². The molecule has 2 amide bonds. The van der Waals surface area contributed by atoms with Crippen LogP contribution in [0.2, 0.25) is 0 Å². The van der Waals surface area contributed by atoms with E-state index in [1.165, 1.54) is 24.7 Å². The third kappa shape index (κ3) is 5.33. The van der Waals surface area contributed by atoms with Crippen LogP contribution in [-0.2, 0) is 4.79 Å². The van der Waals surface area contributed by atoms with Crippen LogP contribution in [0.15, 0.2) is 76.8 Å². The standard InChI is InChI=1S/C22H19N3O4S/c1-29-19-11-5-9-16(20(19)26)14-23-25-22(28)18(13-17-10-6-12-30-17)24-21(27)15-7-3-2-4-8-15/h2-14,26H,1H3,(H,24,27)(H,25,28). The van der Waals surface area contributed by atoms with Gasteiger partial charge in [-0.1, -0.05) is 30.3 Å². The molecule has 2 aromatic carbocycles. The van der Waals surface area contributed by atoms with Crippen molar-refractivity contribution in [3.8, 4) is 11.5 Å². The second kappa shape index (κ2) is 10.0. The first kappa shape index (κ1) is 20.8. The van der Waals surface area contributed by atoms with Crippen LogP contribution in [0.3, 0.4) is 0 Å². The van der Waals surface area contributed by atoms with Crippen LogP contribution in [0.5, 0.6) is 11.5 Å². The van der Waals surface area contributed by atoms with Crippen LogP contribution in [0.25, 0.3) is 6.08 Å². The second-order valence-electron chi connectivity index (χ2n) is 5.99. The fraction of sp³-hybridized carbons (Fsp3) is 0.0455. The molecule has 0 radical (unpaired) electrons. The Morgan fingerprint density at radius 3 is 2.57 bits per heavy atom. The maximum absolute atomic E-state index is 12.6. The fourth-order valence-electron chi connectivity index (χ4n) is 2.49. The predicted molar refractivity (Wildman–Crippen MR) is 117 cm³/mol. The summed E-state index contributed by atoms with van der Waals surface area (Å²) in [6, 6.07) is 17.2. The first-order valence-corrected chi connectivity index (χ1v) is 9.77. The predicted octanol–water partition coefficient (Wildman–Crippen LogP) is 3.38. The Kier molecular flexibility index (Phi) is 6.96. The number of carbonyl (C=O) groups is 2. The van der Waals surface area contributed by atoms with Crippen LogP contribution in [-0.4, -0.2) is 30.2 Å². The molecule has 0 saturated heterocycles. The first-order chi connectivity index (χ1) is 14.6. The summed E-state index contributed by atoms with van der Waals surface area (Å²) in [5, 5.41) is 18.5. The number of hydrazone groups is 1. The van der Waals surface area contributed by atoms with Crippen molar-refractivity contribution >= 4 is 35.4 Å². The lowest BCUT2D eigenvalue weighted by molar-refractivity contribution is -0.117. The maximum Gasteiger partial charge on any atom is 0.287 e. The Bertz CT molecular complexity index is 1080. The van der Waals surface area contributed by atoms with Crippen molar-refractivity contribution in [2.75, 3.05) is 7.11 Å². The van der Waals surface area contributed by atoms with Gasteiger partial charge in [-0.15, -0.1) is 11.3 Å². The summed E-state index contributed by atoms with van der Waals surface area (Å²) in [4.78, 5) is 25.9. The summed E-state index contributed by atoms with van der Waals surface area (Å²) in [6.07, 6.45) is 2.86. The van der Waals surface area contributed by atoms with Crippen LogP contribution >= 0.6 is 11.3 Å². The van der Waals surface area contributed by atoms with E-state index < -0.39 is 11.8 Å². The zero-order chi connectivity index (χ0) is 21.3. The molecule has 0 saturated carbocycles. The van der Waals surface area contributed by atoms with Gasteiger partial charge in [0.1, 0.15) is 5.70 Å². The highest BCUT2D eigenvalue weighted by atomic mass is 32.1. The van der Waals surface area contributed by atoms with Crippen molar-refractivity contribution in [3.63, 3.8) is 0 Å². The quantitative estimate of drug-likeness (QED) is 0.309. The van der Waals surface area contributed by atoms with Crippen LogP contribution < -0.4 is 15.5 Å². The molecule has 3 aromatic rings. The highest BCUT2D eigenvalue weighted by molar-refractivity contribution is 7.10. The van der Waals surface area contributed by atoms with Gasteiger partial charge in [0.05, 0.1) is 13.3 Å². The number of methoxy groups -OCH3 is 1. The average Bonchev–Trinajstić information content (AvgIpc) is 3.28. The molecule has 8 heteroatoms. The molecule has 3 rings (SSSR count). The average molecular weight is 421 g/mol. The molecule has 0 aliphatic heterocycles. The van der Waals surface area contributed by atoms with Gasteiger partial charge < -0.3 is 15.2 Å². The van der Waals surface area contributed by atoms with Gasteiger partial charge >= 0.3 is 0 Å². The van der Waals surface area contributed by atoms with Crippen molar-refractivity contribution in [1.29, 1.82) is 0 Å². The van der Waals surface area contributed by atoms with Crippen molar-refractivity contribution in [3.05, 3.63) is 87.7 Å². The number of aromatic hydroxyl groups is 1. The molecule has 7 nitrogen and oxygen atoms in total. The lowest BCUT2D eigenvalue weighted by atomic mass is 10.2. The maximum atomic E-state index is 12.6. The lowest BCUT2D eigenvalue weighted by Crippen LogP contribution is -2.32. The number of rotatable bonds is 7. The van der Waals surface area contributed by atoms with Crippen molar-refractivity contribution < 1.29 is 19.4 Å². The lowest BCUT2D eigenvalue weighted by Gasteiger charge is -2.09. The number of nitrogens with zero attached hydrogens (tertiary/aromatic N) is 1. The normalized spacial score (nSPS) is 11.3. The van der Waals surface area contributed by atoms with E-state index in [1.54, 1.807) is 54.6 Å². The topological polar surface area (TPSA) is 100 Å². The first-order valence-electron chi connectivity index (χ1n) is 8.89. The molecule has 0 bridgehead atoms. The molecular formula is C22H19N3O4S. The number of nitrogens with one attached hydrogen (secondary N) is 2. The number of hydrogen-bond donors (Lipinski definition) is 3. The number of phenolic OH excluding ortho intramolecular Hbond substituents is 1. The largest absolute Gasteiger partial charge is 0.504 e. The van der Waals surface area contributed by atoms with Crippen LogP contribution in [0.1, 0.15) is 20.8 Å². The number of ether oxygens (including phenoxy) is 1. The molecule has 0 atom stereocenters. The minimum atomic E-state index is -0.605. The Morgan fingerprint density at radius 2 is 1.87 bits per heavy atom. The van der Waals surface area contributed by atoms with Gasteiger partial charge in [-0.3, -0.25) is 9.59 Å². The van der Waals surface area contributed by atoms with E-state index in [1.807, 2.05) is 17.5 Å². The molecule has 152 valence electrons. The smallest absolute Gasteiger partial charge is 0.287 e. The molecule has 0 aliphatic rings. The van der Waals surface area contributed by atoms with E-state index in [-0.39, 0.29) is 11.4 Å². The summed E-state index contributed by atoms with van der Waals surface area (Å²) in [6.45, 7) is 0. The summed E-state index contributed by atoms with van der Waals surface area (Å²) in [7, 11) is 1.44. The third-order valence-electron chi connectivity index (χ3n) is 3.98. The zero-order valence-electron chi connectivity index (χ0n) is 16.0. The number of thiophene rings is 1. The molecule has 1 heterocycles. The third-order valence-corrected chi connectivity index (χ3v) is 4.80. The Hall–Kier alpha value is -3.91. The van der Waals surface area contributed by atoms with E-state index in [0.29, 0.717) is 16.9 Å². The minimum absolute atomic E-state index is 0.0401. The number of hydrogen-bond acceptors (Lipinski definition) is 6. The van der Waals surface area contributed by atoms with Gasteiger partial charge in [0, 0.05) is 16.0 Å². The van der Waals surface area contributed by atoms with Gasteiger partial charge in [-0.25, -0.2) is 5.43 Å². The molecular weight excluding hydrogens is 402 g/mol. The Morgan fingerprint density at radius 1 is 1.07 bits per heavy atom. The van der Waals surface area contributed by atoms with Crippen LogP contribution in [0, 0.1) is 0 Å². The van der Waals surface area contributed by atoms with E-state index in [9.17, 15) is 14.7 Å².